The Kier molecular flexibility index (Phi) is 8.84. The molecule has 3 aliphatic rings. The van der Waals surface area contributed by atoms with Gasteiger partial charge in [0.05, 0.1) is 45.2 Å². The Morgan fingerprint density at radius 1 is 0.582 bits per heavy atom. The van der Waals surface area contributed by atoms with Crippen LogP contribution in [0.15, 0.2) is 188 Å². The molecule has 0 N–H and O–H groups in total. The third-order valence-corrected chi connectivity index (χ3v) is 13.9. The summed E-state index contributed by atoms with van der Waals surface area (Å²) in [4.78, 5) is 18.2. The first kappa shape index (κ1) is 38.8. The molecule has 0 radical (unpaired) electrons. The molecule has 13 rings (SSSR count). The summed E-state index contributed by atoms with van der Waals surface area (Å²) < 4.78 is 4.68. The van der Waals surface area contributed by atoms with Crippen molar-refractivity contribution < 1.29 is 0 Å². The van der Waals surface area contributed by atoms with Crippen LogP contribution in [0.1, 0.15) is 52.3 Å². The lowest BCUT2D eigenvalue weighted by Gasteiger charge is -2.33. The van der Waals surface area contributed by atoms with Crippen molar-refractivity contribution in [1.82, 2.24) is 24.1 Å². The number of para-hydroxylation sites is 2. The van der Waals surface area contributed by atoms with Crippen LogP contribution in [-0.2, 0) is 0 Å². The quantitative estimate of drug-likeness (QED) is 0.166. The Morgan fingerprint density at radius 3 is 1.88 bits per heavy atom. The third-order valence-electron chi connectivity index (χ3n) is 13.9. The topological polar surface area (TPSA) is 75.6 Å². The predicted octanol–water partition coefficient (Wildman–Crippen LogP) is 14.0. The summed E-state index contributed by atoms with van der Waals surface area (Å²) in [6.45, 7) is 4.29. The normalized spacial score (nSPS) is 16.0. The molecule has 318 valence electrons. The zero-order valence-corrected chi connectivity index (χ0v) is 37.1. The highest BCUT2D eigenvalue weighted by molar-refractivity contribution is 6.10. The van der Waals surface area contributed by atoms with Crippen LogP contribution >= 0.6 is 0 Å². The summed E-state index contributed by atoms with van der Waals surface area (Å²) in [5.41, 5.74) is 16.5. The predicted molar refractivity (Wildman–Crippen MR) is 272 cm³/mol. The van der Waals surface area contributed by atoms with Crippen molar-refractivity contribution in [2.75, 3.05) is 4.90 Å². The van der Waals surface area contributed by atoms with Gasteiger partial charge in [0.25, 0.3) is 0 Å². The van der Waals surface area contributed by atoms with Gasteiger partial charge in [-0.3, -0.25) is 0 Å². The second-order valence-electron chi connectivity index (χ2n) is 17.9. The highest BCUT2D eigenvalue weighted by Crippen LogP contribution is 2.53. The second-order valence-corrected chi connectivity index (χ2v) is 17.9. The lowest BCUT2D eigenvalue weighted by molar-refractivity contribution is 0.688. The van der Waals surface area contributed by atoms with Crippen molar-refractivity contribution in [3.05, 3.63) is 221 Å². The standard InChI is InChI=1S/C60H43N7/c1-37-26-28-50-45(32-37)46-33-38(2)27-29-51(46)66(50)55-35-54(41(36-61)34-47(55)60-63-58(39-16-6-3-7-17-39)62-59(64-60)40-18-8-4-9-19-40)67-49-25-15-13-23-44(49)57-53(67)31-30-52-56(57)43-22-12-14-24-48(43)65(52)42-20-10-5-11-21-42/h3-10,12-20,22-35,52,56H,11,21H2,1-2H3. The molecule has 0 fully saturated rings. The van der Waals surface area contributed by atoms with Crippen molar-refractivity contribution in [2.45, 2.75) is 38.6 Å². The number of nitrogens with zero attached hydrogens (tertiary/aromatic N) is 7. The van der Waals surface area contributed by atoms with Crippen LogP contribution in [0, 0.1) is 25.2 Å². The molecule has 2 atom stereocenters. The van der Waals surface area contributed by atoms with E-state index in [1.54, 1.807) is 0 Å². The fourth-order valence-corrected chi connectivity index (χ4v) is 11.0. The van der Waals surface area contributed by atoms with Crippen molar-refractivity contribution in [2.24, 2.45) is 0 Å². The first-order valence-corrected chi connectivity index (χ1v) is 23.1. The fraction of sp³-hybridized carbons (Fsp3) is 0.100. The maximum atomic E-state index is 11.5. The monoisotopic (exact) mass is 861 g/mol. The minimum absolute atomic E-state index is 0.0836. The molecule has 7 aromatic carbocycles. The number of aryl methyl sites for hydroxylation is 2. The lowest BCUT2D eigenvalue weighted by Crippen LogP contribution is -2.34. The van der Waals surface area contributed by atoms with Gasteiger partial charge in [-0.2, -0.15) is 5.26 Å². The molecule has 2 unspecified atom stereocenters. The molecule has 0 saturated heterocycles. The Morgan fingerprint density at radius 2 is 1.21 bits per heavy atom. The van der Waals surface area contributed by atoms with E-state index in [2.05, 4.69) is 155 Å². The Hall–Kier alpha value is -8.60. The van der Waals surface area contributed by atoms with Gasteiger partial charge in [-0.1, -0.05) is 139 Å². The Labute approximate surface area is 388 Å². The summed E-state index contributed by atoms with van der Waals surface area (Å²) in [5, 5.41) is 15.0. The van der Waals surface area contributed by atoms with Gasteiger partial charge in [-0.05, 0) is 98.5 Å². The highest BCUT2D eigenvalue weighted by atomic mass is 15.2. The van der Waals surface area contributed by atoms with Crippen LogP contribution in [0.4, 0.5) is 5.69 Å². The SMILES string of the molecule is Cc1ccc2c(c1)c1cc(C)ccc1n2-c1cc(-n2c3c(c4ccccc42)C2c4ccccc4N(C4=CC=CCC4)C2C=C3)c(C#N)cc1-c1nc(-c2ccccc2)nc(-c2ccccc2)n1. The minimum atomic E-state index is 0.0836. The highest BCUT2D eigenvalue weighted by Gasteiger charge is 2.44. The molecule has 0 amide bonds. The molecule has 4 heterocycles. The van der Waals surface area contributed by atoms with Gasteiger partial charge in [0.1, 0.15) is 6.07 Å². The average molecular weight is 862 g/mol. The molecule has 3 aromatic heterocycles. The van der Waals surface area contributed by atoms with E-state index in [0.29, 0.717) is 23.0 Å². The molecule has 1 aliphatic heterocycles. The van der Waals surface area contributed by atoms with Crippen LogP contribution < -0.4 is 4.90 Å². The molecule has 10 aromatic rings. The van der Waals surface area contributed by atoms with Gasteiger partial charge >= 0.3 is 0 Å². The van der Waals surface area contributed by atoms with Gasteiger partial charge in [0.15, 0.2) is 17.5 Å². The number of anilines is 1. The Bertz CT molecular complexity index is 3690. The Balaban J connectivity index is 1.12. The molecule has 7 nitrogen and oxygen atoms in total. The van der Waals surface area contributed by atoms with Crippen LogP contribution in [0.3, 0.4) is 0 Å². The van der Waals surface area contributed by atoms with Gasteiger partial charge in [0.2, 0.25) is 0 Å². The first-order chi connectivity index (χ1) is 33.0. The zero-order valence-electron chi connectivity index (χ0n) is 37.1. The molecule has 2 aliphatic carbocycles. The number of hydrogen-bond donors (Lipinski definition) is 0. The summed E-state index contributed by atoms with van der Waals surface area (Å²) in [6, 6.07) is 58.1. The van der Waals surface area contributed by atoms with Gasteiger partial charge < -0.3 is 14.0 Å². The summed E-state index contributed by atoms with van der Waals surface area (Å²) in [5.74, 6) is 1.68. The number of benzene rings is 7. The van der Waals surface area contributed by atoms with E-state index >= 15 is 0 Å². The number of aromatic nitrogens is 5. The summed E-state index contributed by atoms with van der Waals surface area (Å²) in [6.07, 6.45) is 13.5. The maximum Gasteiger partial charge on any atom is 0.166 e. The minimum Gasteiger partial charge on any atom is -0.337 e. The van der Waals surface area contributed by atoms with Gasteiger partial charge in [0, 0.05) is 50.2 Å². The fourth-order valence-electron chi connectivity index (χ4n) is 11.0. The zero-order chi connectivity index (χ0) is 44.8. The van der Waals surface area contributed by atoms with E-state index < -0.39 is 0 Å². The first-order valence-electron chi connectivity index (χ1n) is 23.1. The van der Waals surface area contributed by atoms with Crippen molar-refractivity contribution >= 4 is 44.5 Å². The van der Waals surface area contributed by atoms with Crippen molar-refractivity contribution in [3.8, 4) is 51.6 Å². The molecule has 0 spiro atoms. The largest absolute Gasteiger partial charge is 0.337 e. The van der Waals surface area contributed by atoms with Crippen molar-refractivity contribution in [1.29, 1.82) is 5.26 Å². The number of hydrogen-bond acceptors (Lipinski definition) is 5. The molecular formula is C60H43N7. The molecule has 67 heavy (non-hydrogen) atoms. The van der Waals surface area contributed by atoms with E-state index in [4.69, 9.17) is 15.0 Å². The van der Waals surface area contributed by atoms with E-state index in [-0.39, 0.29) is 12.0 Å². The lowest BCUT2D eigenvalue weighted by atomic mass is 9.82. The van der Waals surface area contributed by atoms with E-state index in [1.807, 2.05) is 66.7 Å². The molecule has 0 bridgehead atoms. The summed E-state index contributed by atoms with van der Waals surface area (Å²) in [7, 11) is 0. The average Bonchev–Trinajstić information content (AvgIpc) is 4.01. The van der Waals surface area contributed by atoms with Crippen LogP contribution in [-0.4, -0.2) is 30.1 Å². The third kappa shape index (κ3) is 6.07. The number of allylic oxidation sites excluding steroid dienone is 4. The second kappa shape index (κ2) is 15.3. The summed E-state index contributed by atoms with van der Waals surface area (Å²) >= 11 is 0. The van der Waals surface area contributed by atoms with E-state index in [0.717, 1.165) is 73.9 Å². The molecule has 0 saturated carbocycles. The van der Waals surface area contributed by atoms with Crippen LogP contribution in [0.5, 0.6) is 0 Å². The van der Waals surface area contributed by atoms with E-state index in [9.17, 15) is 5.26 Å². The molecule has 7 heteroatoms. The smallest absolute Gasteiger partial charge is 0.166 e. The number of nitriles is 1. The maximum absolute atomic E-state index is 11.5. The van der Waals surface area contributed by atoms with Crippen LogP contribution in [0.2, 0.25) is 0 Å². The number of rotatable bonds is 6. The van der Waals surface area contributed by atoms with Gasteiger partial charge in [-0.15, -0.1) is 0 Å². The molecular weight excluding hydrogens is 819 g/mol. The van der Waals surface area contributed by atoms with E-state index in [1.165, 1.54) is 39.0 Å². The van der Waals surface area contributed by atoms with Gasteiger partial charge in [-0.25, -0.2) is 15.0 Å². The van der Waals surface area contributed by atoms with Crippen molar-refractivity contribution in [3.63, 3.8) is 0 Å². The number of fused-ring (bicyclic) bond motifs is 10. The van der Waals surface area contributed by atoms with Crippen LogP contribution in [0.25, 0.3) is 84.3 Å².